The van der Waals surface area contributed by atoms with Gasteiger partial charge < -0.3 is 0 Å². The van der Waals surface area contributed by atoms with E-state index in [1.54, 1.807) is 0 Å². The molecule has 1 rings (SSSR count). The highest BCUT2D eigenvalue weighted by Crippen LogP contribution is 2.33. The van der Waals surface area contributed by atoms with E-state index in [1.165, 1.54) is 6.20 Å². The highest BCUT2D eigenvalue weighted by atomic mass is 35.5. The van der Waals surface area contributed by atoms with Gasteiger partial charge in [0.05, 0.1) is 12.5 Å². The summed E-state index contributed by atoms with van der Waals surface area (Å²) < 4.78 is 37.9. The van der Waals surface area contributed by atoms with Crippen LogP contribution in [0, 0.1) is 0 Å². The van der Waals surface area contributed by atoms with Crippen LogP contribution in [0.2, 0.25) is 4.34 Å². The van der Waals surface area contributed by atoms with Gasteiger partial charge in [0.1, 0.15) is 4.34 Å². The Morgan fingerprint density at radius 3 is 2.79 bits per heavy atom. The normalized spacial score (nSPS) is 16.0. The van der Waals surface area contributed by atoms with Crippen molar-refractivity contribution in [2.45, 2.75) is 16.0 Å². The topological polar surface area (TPSA) is 12.9 Å². The lowest BCUT2D eigenvalue weighted by Gasteiger charge is -2.06. The Balaban J connectivity index is 2.52. The number of aromatic nitrogens is 1. The Kier molecular flexibility index (Phi) is 4.77. The standard InChI is InChI=1S/C7H5ClF3NS2/c8-5-3-12-7(13-5)14-6(11)4(10)1-2-9/h1-4,6H. The maximum atomic E-state index is 13.0. The largest absolute Gasteiger partial charge is 0.239 e. The summed E-state index contributed by atoms with van der Waals surface area (Å²) in [4.78, 5) is 3.72. The molecule has 0 saturated heterocycles. The second kappa shape index (κ2) is 5.63. The van der Waals surface area contributed by atoms with Crippen LogP contribution in [0.4, 0.5) is 13.2 Å². The molecule has 0 fully saturated rings. The van der Waals surface area contributed by atoms with Gasteiger partial charge in [0.25, 0.3) is 0 Å². The van der Waals surface area contributed by atoms with E-state index in [-0.39, 0.29) is 6.33 Å². The number of thioether (sulfide) groups is 1. The van der Waals surface area contributed by atoms with E-state index in [9.17, 15) is 13.2 Å². The van der Waals surface area contributed by atoms with Crippen molar-refractivity contribution < 1.29 is 13.2 Å². The minimum atomic E-state index is -1.98. The van der Waals surface area contributed by atoms with E-state index >= 15 is 0 Å². The maximum absolute atomic E-state index is 13.0. The van der Waals surface area contributed by atoms with Crippen LogP contribution >= 0.6 is 34.7 Å². The summed E-state index contributed by atoms with van der Waals surface area (Å²) in [6.07, 6.45) is -0.147. The van der Waals surface area contributed by atoms with Crippen LogP contribution in [0.25, 0.3) is 0 Å². The summed E-state index contributed by atoms with van der Waals surface area (Å²) in [5.41, 5.74) is -1.87. The number of thiazole rings is 1. The number of hydrogen-bond acceptors (Lipinski definition) is 3. The van der Waals surface area contributed by atoms with Gasteiger partial charge in [-0.2, -0.15) is 0 Å². The SMILES string of the molecule is FC=CC(F)C(F)Sc1ncc(Cl)s1. The fourth-order valence-electron chi connectivity index (χ4n) is 0.612. The number of alkyl halides is 2. The van der Waals surface area contributed by atoms with Crippen LogP contribution in [0.3, 0.4) is 0 Å². The van der Waals surface area contributed by atoms with Gasteiger partial charge in [-0.25, -0.2) is 18.2 Å². The third kappa shape index (κ3) is 3.51. The zero-order valence-corrected chi connectivity index (χ0v) is 9.05. The zero-order valence-electron chi connectivity index (χ0n) is 6.66. The molecule has 0 saturated carbocycles. The van der Waals surface area contributed by atoms with Crippen LogP contribution < -0.4 is 0 Å². The van der Waals surface area contributed by atoms with Gasteiger partial charge >= 0.3 is 0 Å². The lowest BCUT2D eigenvalue weighted by Crippen LogP contribution is -2.09. The zero-order chi connectivity index (χ0) is 10.6. The molecule has 0 radical (unpaired) electrons. The van der Waals surface area contributed by atoms with Gasteiger partial charge in [-0.3, -0.25) is 0 Å². The van der Waals surface area contributed by atoms with Gasteiger partial charge in [0, 0.05) is 0 Å². The molecule has 1 aromatic rings. The number of rotatable bonds is 4. The highest BCUT2D eigenvalue weighted by molar-refractivity contribution is 8.01. The third-order valence-corrected chi connectivity index (χ3v) is 3.42. The fraction of sp³-hybridized carbons (Fsp3) is 0.286. The second-order valence-corrected chi connectivity index (χ2v) is 5.16. The van der Waals surface area contributed by atoms with Gasteiger partial charge in [-0.1, -0.05) is 34.7 Å². The lowest BCUT2D eigenvalue weighted by atomic mass is 10.4. The molecule has 0 spiro atoms. The Morgan fingerprint density at radius 2 is 2.29 bits per heavy atom. The molecule has 0 aliphatic rings. The van der Waals surface area contributed by atoms with E-state index in [1.807, 2.05) is 0 Å². The Bertz CT molecular complexity index is 318. The predicted octanol–water partition coefficient (Wildman–Crippen LogP) is 4.01. The molecular formula is C7H5ClF3NS2. The molecule has 0 amide bonds. The van der Waals surface area contributed by atoms with Crippen molar-refractivity contribution in [1.82, 2.24) is 4.98 Å². The Labute approximate surface area is 92.0 Å². The smallest absolute Gasteiger partial charge is 0.187 e. The number of halogens is 4. The molecule has 78 valence electrons. The number of allylic oxidation sites excluding steroid dienone is 1. The van der Waals surface area contributed by atoms with Crippen molar-refractivity contribution in [3.8, 4) is 0 Å². The van der Waals surface area contributed by atoms with Crippen LogP contribution in [0.15, 0.2) is 22.9 Å². The maximum Gasteiger partial charge on any atom is 0.187 e. The minimum Gasteiger partial charge on any atom is -0.239 e. The molecular weight excluding hydrogens is 255 g/mol. The second-order valence-electron chi connectivity index (χ2n) is 2.16. The molecule has 2 atom stereocenters. The summed E-state index contributed by atoms with van der Waals surface area (Å²) in [5, 5.41) is 0. The number of nitrogens with zero attached hydrogens (tertiary/aromatic N) is 1. The van der Waals surface area contributed by atoms with E-state index in [2.05, 4.69) is 4.98 Å². The first-order valence-electron chi connectivity index (χ1n) is 3.46. The van der Waals surface area contributed by atoms with Crippen LogP contribution in [0.5, 0.6) is 0 Å². The molecule has 0 N–H and O–H groups in total. The van der Waals surface area contributed by atoms with Gasteiger partial charge in [0.15, 0.2) is 16.0 Å². The Morgan fingerprint density at radius 1 is 1.57 bits per heavy atom. The molecule has 1 heterocycles. The van der Waals surface area contributed by atoms with Gasteiger partial charge in [-0.15, -0.1) is 0 Å². The molecule has 2 unspecified atom stereocenters. The van der Waals surface area contributed by atoms with Crippen LogP contribution in [0.1, 0.15) is 0 Å². The Hall–Kier alpha value is -0.200. The summed E-state index contributed by atoms with van der Waals surface area (Å²) in [7, 11) is 0. The molecule has 0 bridgehead atoms. The van der Waals surface area contributed by atoms with E-state index in [0.29, 0.717) is 26.5 Å². The van der Waals surface area contributed by atoms with Crippen molar-refractivity contribution in [3.05, 3.63) is 22.9 Å². The lowest BCUT2D eigenvalue weighted by molar-refractivity contribution is 0.280. The highest BCUT2D eigenvalue weighted by Gasteiger charge is 2.20. The fourth-order valence-corrected chi connectivity index (χ4v) is 2.66. The van der Waals surface area contributed by atoms with Crippen molar-refractivity contribution in [3.63, 3.8) is 0 Å². The molecule has 0 aromatic carbocycles. The third-order valence-electron chi connectivity index (χ3n) is 1.18. The summed E-state index contributed by atoms with van der Waals surface area (Å²) >= 11 is 7.16. The minimum absolute atomic E-state index is 0.0212. The molecule has 0 aliphatic heterocycles. The average molecular weight is 260 g/mol. The van der Waals surface area contributed by atoms with Crippen molar-refractivity contribution in [2.24, 2.45) is 0 Å². The molecule has 1 nitrogen and oxygen atoms in total. The monoisotopic (exact) mass is 259 g/mol. The molecule has 14 heavy (non-hydrogen) atoms. The summed E-state index contributed by atoms with van der Waals surface area (Å²) in [6.45, 7) is 0. The van der Waals surface area contributed by atoms with Gasteiger partial charge in [-0.05, 0) is 6.08 Å². The van der Waals surface area contributed by atoms with Crippen molar-refractivity contribution in [2.75, 3.05) is 0 Å². The summed E-state index contributed by atoms with van der Waals surface area (Å²) in [5.74, 6) is 0. The first-order chi connectivity index (χ1) is 6.63. The van der Waals surface area contributed by atoms with E-state index < -0.39 is 11.7 Å². The quantitative estimate of drug-likeness (QED) is 0.758. The first kappa shape index (κ1) is 11.9. The van der Waals surface area contributed by atoms with E-state index in [0.717, 1.165) is 11.3 Å². The average Bonchev–Trinajstić information content (AvgIpc) is 2.51. The molecule has 0 aliphatic carbocycles. The van der Waals surface area contributed by atoms with Crippen LogP contribution in [-0.4, -0.2) is 16.7 Å². The number of hydrogen-bond donors (Lipinski definition) is 0. The summed E-state index contributed by atoms with van der Waals surface area (Å²) in [6, 6.07) is 0. The first-order valence-corrected chi connectivity index (χ1v) is 5.54. The van der Waals surface area contributed by atoms with Crippen molar-refractivity contribution in [1.29, 1.82) is 0 Å². The van der Waals surface area contributed by atoms with E-state index in [4.69, 9.17) is 11.6 Å². The molecule has 7 heteroatoms. The molecule has 1 aromatic heterocycles. The van der Waals surface area contributed by atoms with Crippen LogP contribution in [-0.2, 0) is 0 Å². The van der Waals surface area contributed by atoms with Gasteiger partial charge in [0.2, 0.25) is 0 Å². The van der Waals surface area contributed by atoms with Crippen molar-refractivity contribution >= 4 is 34.7 Å². The predicted molar refractivity (Wildman–Crippen MR) is 53.0 cm³/mol.